The fourth-order valence-corrected chi connectivity index (χ4v) is 5.78. The fourth-order valence-electron chi connectivity index (χ4n) is 2.94. The summed E-state index contributed by atoms with van der Waals surface area (Å²) >= 11 is 6.78. The second-order valence-corrected chi connectivity index (χ2v) is 8.48. The van der Waals surface area contributed by atoms with E-state index in [-0.39, 0.29) is 27.9 Å². The van der Waals surface area contributed by atoms with Crippen LogP contribution in [0.1, 0.15) is 19.3 Å². The first-order valence-electron chi connectivity index (χ1n) is 5.78. The highest BCUT2D eigenvalue weighted by atomic mass is 35.5. The number of thiophene rings is 1. The Balaban J connectivity index is 1.83. The van der Waals surface area contributed by atoms with Crippen LogP contribution in [0.2, 0.25) is 4.34 Å². The summed E-state index contributed by atoms with van der Waals surface area (Å²) in [6.07, 6.45) is 2.26. The van der Waals surface area contributed by atoms with Gasteiger partial charge in [0.15, 0.2) is 0 Å². The molecule has 0 radical (unpaired) electrons. The number of halogens is 1. The van der Waals surface area contributed by atoms with E-state index < -0.39 is 10.0 Å². The van der Waals surface area contributed by atoms with E-state index in [1.165, 1.54) is 6.07 Å². The lowest BCUT2D eigenvalue weighted by atomic mass is 10.00. The minimum Gasteiger partial charge on any atom is -0.299 e. The summed E-state index contributed by atoms with van der Waals surface area (Å²) < 4.78 is 27.7. The van der Waals surface area contributed by atoms with Crippen molar-refractivity contribution in [3.63, 3.8) is 0 Å². The van der Waals surface area contributed by atoms with E-state index in [2.05, 4.69) is 4.72 Å². The molecule has 18 heavy (non-hydrogen) atoms. The minimum absolute atomic E-state index is 0.125. The van der Waals surface area contributed by atoms with Gasteiger partial charge in [-0.2, -0.15) is 0 Å². The normalized spacial score (nSPS) is 31.2. The predicted molar refractivity (Wildman–Crippen MR) is 69.3 cm³/mol. The molecule has 98 valence electrons. The van der Waals surface area contributed by atoms with E-state index in [0.29, 0.717) is 10.8 Å². The zero-order valence-corrected chi connectivity index (χ0v) is 11.8. The van der Waals surface area contributed by atoms with Gasteiger partial charge < -0.3 is 0 Å². The zero-order chi connectivity index (χ0) is 12.9. The molecule has 0 aliphatic heterocycles. The topological polar surface area (TPSA) is 63.2 Å². The quantitative estimate of drug-likeness (QED) is 0.929. The molecule has 2 aliphatic carbocycles. The van der Waals surface area contributed by atoms with Gasteiger partial charge in [-0.15, -0.1) is 11.3 Å². The molecular formula is C11H12ClNO3S2. The number of nitrogens with one attached hydrogen (secondary N) is 1. The molecule has 3 atom stereocenters. The molecular weight excluding hydrogens is 294 g/mol. The van der Waals surface area contributed by atoms with E-state index in [0.717, 1.165) is 24.2 Å². The van der Waals surface area contributed by atoms with Crippen molar-refractivity contribution >= 4 is 38.7 Å². The predicted octanol–water partition coefficient (Wildman–Crippen LogP) is 2.05. The summed E-state index contributed by atoms with van der Waals surface area (Å²) in [5, 5.41) is 0. The molecule has 1 N–H and O–H groups in total. The highest BCUT2D eigenvalue weighted by Crippen LogP contribution is 2.43. The summed E-state index contributed by atoms with van der Waals surface area (Å²) in [4.78, 5) is 11.6. The molecule has 2 fully saturated rings. The van der Waals surface area contributed by atoms with Crippen molar-refractivity contribution in [1.82, 2.24) is 4.72 Å². The Bertz CT molecular complexity index is 595. The van der Waals surface area contributed by atoms with Crippen LogP contribution in [0.3, 0.4) is 0 Å². The molecule has 0 aromatic carbocycles. The molecule has 3 rings (SSSR count). The number of carbonyl (C=O) groups excluding carboxylic acids is 1. The molecule has 2 aliphatic rings. The molecule has 2 saturated carbocycles. The molecule has 0 spiro atoms. The van der Waals surface area contributed by atoms with Crippen molar-refractivity contribution in [3.8, 4) is 0 Å². The van der Waals surface area contributed by atoms with Gasteiger partial charge in [0.2, 0.25) is 10.0 Å². The van der Waals surface area contributed by atoms with Crippen LogP contribution in [-0.4, -0.2) is 20.2 Å². The van der Waals surface area contributed by atoms with Crippen molar-refractivity contribution in [2.45, 2.75) is 29.5 Å². The Kier molecular flexibility index (Phi) is 3.01. The maximum Gasteiger partial charge on any atom is 0.250 e. The van der Waals surface area contributed by atoms with Gasteiger partial charge in [-0.05, 0) is 30.9 Å². The van der Waals surface area contributed by atoms with Gasteiger partial charge in [0, 0.05) is 18.4 Å². The first-order valence-corrected chi connectivity index (χ1v) is 8.45. The minimum atomic E-state index is -3.54. The van der Waals surface area contributed by atoms with Gasteiger partial charge in [0.05, 0.1) is 4.34 Å². The summed E-state index contributed by atoms with van der Waals surface area (Å²) in [6, 6.07) is 2.84. The monoisotopic (exact) mass is 305 g/mol. The first-order chi connectivity index (χ1) is 8.47. The molecule has 7 heteroatoms. The van der Waals surface area contributed by atoms with Gasteiger partial charge in [-0.25, -0.2) is 13.1 Å². The summed E-state index contributed by atoms with van der Waals surface area (Å²) in [7, 11) is -3.54. The maximum absolute atomic E-state index is 12.2. The molecule has 3 unspecified atom stereocenters. The molecule has 0 saturated heterocycles. The molecule has 0 amide bonds. The lowest BCUT2D eigenvalue weighted by Gasteiger charge is -2.15. The summed E-state index contributed by atoms with van der Waals surface area (Å²) in [5.41, 5.74) is 0. The van der Waals surface area contributed by atoms with E-state index >= 15 is 0 Å². The summed E-state index contributed by atoms with van der Waals surface area (Å²) in [6.45, 7) is 0. The standard InChI is InChI=1S/C11H12ClNO3S2/c12-9-3-4-10(17-9)18(15,16)13-11-6-1-2-7(11)8(14)5-6/h3-4,6-7,11,13H,1-2,5H2. The third-order valence-corrected chi connectivity index (χ3v) is 6.95. The van der Waals surface area contributed by atoms with Crippen molar-refractivity contribution in [2.24, 2.45) is 11.8 Å². The van der Waals surface area contributed by atoms with Crippen molar-refractivity contribution in [1.29, 1.82) is 0 Å². The fraction of sp³-hybridized carbons (Fsp3) is 0.545. The van der Waals surface area contributed by atoms with Crippen LogP contribution in [0.4, 0.5) is 0 Å². The Hall–Kier alpha value is -0.430. The Labute approximate surface area is 114 Å². The third kappa shape index (κ3) is 2.01. The van der Waals surface area contributed by atoms with Crippen LogP contribution in [0.15, 0.2) is 16.3 Å². The maximum atomic E-state index is 12.2. The number of ketones is 1. The molecule has 1 aromatic rings. The Morgan fingerprint density at radius 1 is 1.33 bits per heavy atom. The van der Waals surface area contributed by atoms with Gasteiger partial charge in [-0.3, -0.25) is 4.79 Å². The van der Waals surface area contributed by atoms with Crippen LogP contribution < -0.4 is 4.72 Å². The van der Waals surface area contributed by atoms with Crippen molar-refractivity contribution < 1.29 is 13.2 Å². The largest absolute Gasteiger partial charge is 0.299 e. The van der Waals surface area contributed by atoms with E-state index in [9.17, 15) is 13.2 Å². The molecule has 4 nitrogen and oxygen atoms in total. The lowest BCUT2D eigenvalue weighted by molar-refractivity contribution is -0.121. The number of hydrogen-bond acceptors (Lipinski definition) is 4. The van der Waals surface area contributed by atoms with E-state index in [1.54, 1.807) is 6.07 Å². The second-order valence-electron chi connectivity index (χ2n) is 4.82. The number of fused-ring (bicyclic) bond motifs is 2. The average Bonchev–Trinajstić information content (AvgIpc) is 2.94. The van der Waals surface area contributed by atoms with Gasteiger partial charge in [0.25, 0.3) is 0 Å². The van der Waals surface area contributed by atoms with Crippen LogP contribution in [0.25, 0.3) is 0 Å². The molecule has 1 heterocycles. The SMILES string of the molecule is O=C1CC2CCC1C2NS(=O)(=O)c1ccc(Cl)s1. The number of rotatable bonds is 3. The zero-order valence-electron chi connectivity index (χ0n) is 9.43. The molecule has 2 bridgehead atoms. The Morgan fingerprint density at radius 2 is 2.11 bits per heavy atom. The van der Waals surface area contributed by atoms with Crippen molar-refractivity contribution in [2.75, 3.05) is 0 Å². The van der Waals surface area contributed by atoms with Crippen LogP contribution >= 0.6 is 22.9 Å². The lowest BCUT2D eigenvalue weighted by Crippen LogP contribution is -2.38. The van der Waals surface area contributed by atoms with Gasteiger partial charge in [0.1, 0.15) is 9.99 Å². The summed E-state index contributed by atoms with van der Waals surface area (Å²) in [5.74, 6) is 0.246. The van der Waals surface area contributed by atoms with E-state index in [4.69, 9.17) is 11.6 Å². The molecule has 1 aromatic heterocycles. The van der Waals surface area contributed by atoms with Crippen LogP contribution in [0.5, 0.6) is 0 Å². The number of hydrogen-bond donors (Lipinski definition) is 1. The van der Waals surface area contributed by atoms with Crippen LogP contribution in [0, 0.1) is 11.8 Å². The van der Waals surface area contributed by atoms with Crippen molar-refractivity contribution in [3.05, 3.63) is 16.5 Å². The number of carbonyl (C=O) groups is 1. The smallest absolute Gasteiger partial charge is 0.250 e. The van der Waals surface area contributed by atoms with Gasteiger partial charge in [-0.1, -0.05) is 11.6 Å². The highest BCUT2D eigenvalue weighted by molar-refractivity contribution is 7.91. The second kappa shape index (κ2) is 4.30. The van der Waals surface area contributed by atoms with Gasteiger partial charge >= 0.3 is 0 Å². The first kappa shape index (κ1) is 12.6. The van der Waals surface area contributed by atoms with E-state index in [1.807, 2.05) is 0 Å². The number of sulfonamides is 1. The third-order valence-electron chi connectivity index (χ3n) is 3.77. The average molecular weight is 306 g/mol. The Morgan fingerprint density at radius 3 is 2.61 bits per heavy atom. The number of Topliss-reactive ketones (excluding diaryl/α,β-unsaturated/α-hetero) is 1. The van der Waals surface area contributed by atoms with Crippen LogP contribution in [-0.2, 0) is 14.8 Å². The highest BCUT2D eigenvalue weighted by Gasteiger charge is 2.49.